The Morgan fingerprint density at radius 2 is 1.86 bits per heavy atom. The molecule has 21 heavy (non-hydrogen) atoms. The average Bonchev–Trinajstić information content (AvgIpc) is 2.75. The largest absolute Gasteiger partial charge is 0.368 e. The predicted molar refractivity (Wildman–Crippen MR) is 84.0 cm³/mol. The monoisotopic (exact) mass is 282 g/mol. The van der Waals surface area contributed by atoms with E-state index in [1.54, 1.807) is 0 Å². The first-order valence-corrected chi connectivity index (χ1v) is 6.78. The summed E-state index contributed by atoms with van der Waals surface area (Å²) in [6.07, 6.45) is 0. The third-order valence-electron chi connectivity index (χ3n) is 3.57. The van der Waals surface area contributed by atoms with Crippen LogP contribution < -0.4 is 10.6 Å². The molecule has 0 amide bonds. The maximum Gasteiger partial charge on any atom is 0.224 e. The standard InChI is InChI=1S/C15H18N6/c1-10-17-12-13(18-15(16)19-14(12)21(10)3)20(2)9-11-7-5-4-6-8-11/h4-8H,9H2,1-3H3,(H2,16,18,19). The molecule has 0 unspecified atom stereocenters. The number of hydrogen-bond donors (Lipinski definition) is 1. The molecule has 2 aromatic heterocycles. The molecule has 3 rings (SSSR count). The maximum atomic E-state index is 5.84. The number of nitrogen functional groups attached to an aromatic ring is 1. The second kappa shape index (κ2) is 5.05. The first-order chi connectivity index (χ1) is 10.1. The summed E-state index contributed by atoms with van der Waals surface area (Å²) >= 11 is 0. The Bertz CT molecular complexity index is 778. The molecule has 3 aromatic rings. The van der Waals surface area contributed by atoms with Crippen molar-refractivity contribution in [3.8, 4) is 0 Å². The number of hydrogen-bond acceptors (Lipinski definition) is 5. The van der Waals surface area contributed by atoms with Gasteiger partial charge in [-0.05, 0) is 12.5 Å². The Hall–Kier alpha value is -2.63. The molecular formula is C15H18N6. The minimum absolute atomic E-state index is 0.264. The summed E-state index contributed by atoms with van der Waals surface area (Å²) in [6, 6.07) is 10.2. The fraction of sp³-hybridized carbons (Fsp3) is 0.267. The number of anilines is 2. The fourth-order valence-corrected chi connectivity index (χ4v) is 2.37. The number of fused-ring (bicyclic) bond motifs is 1. The Kier molecular flexibility index (Phi) is 3.21. The van der Waals surface area contributed by atoms with Crippen LogP contribution in [0.15, 0.2) is 30.3 Å². The number of nitrogens with two attached hydrogens (primary N) is 1. The lowest BCUT2D eigenvalue weighted by Gasteiger charge is -2.18. The highest BCUT2D eigenvalue weighted by Crippen LogP contribution is 2.24. The molecule has 0 aliphatic rings. The lowest BCUT2D eigenvalue weighted by atomic mass is 10.2. The number of aryl methyl sites for hydroxylation is 2. The summed E-state index contributed by atoms with van der Waals surface area (Å²) in [5, 5.41) is 0. The number of aromatic nitrogens is 4. The van der Waals surface area contributed by atoms with E-state index < -0.39 is 0 Å². The van der Waals surface area contributed by atoms with E-state index in [0.29, 0.717) is 0 Å². The summed E-state index contributed by atoms with van der Waals surface area (Å²) in [5.41, 5.74) is 8.59. The Balaban J connectivity index is 2.05. The van der Waals surface area contributed by atoms with Crippen LogP contribution in [0.25, 0.3) is 11.2 Å². The Morgan fingerprint density at radius 3 is 2.57 bits per heavy atom. The summed E-state index contributed by atoms with van der Waals surface area (Å²) in [4.78, 5) is 15.3. The third kappa shape index (κ3) is 2.40. The van der Waals surface area contributed by atoms with E-state index in [1.807, 2.05) is 48.7 Å². The summed E-state index contributed by atoms with van der Waals surface area (Å²) in [6.45, 7) is 2.68. The zero-order valence-electron chi connectivity index (χ0n) is 12.4. The lowest BCUT2D eigenvalue weighted by Crippen LogP contribution is -2.19. The van der Waals surface area contributed by atoms with Gasteiger partial charge in [0.2, 0.25) is 5.95 Å². The molecule has 2 N–H and O–H groups in total. The predicted octanol–water partition coefficient (Wildman–Crippen LogP) is 1.89. The molecule has 1 aromatic carbocycles. The first-order valence-electron chi connectivity index (χ1n) is 6.78. The molecule has 6 nitrogen and oxygen atoms in total. The SMILES string of the molecule is Cc1nc2c(N(C)Cc3ccccc3)nc(N)nc2n1C. The number of nitrogens with zero attached hydrogens (tertiary/aromatic N) is 5. The van der Waals surface area contributed by atoms with Crippen LogP contribution >= 0.6 is 0 Å². The fourth-order valence-electron chi connectivity index (χ4n) is 2.37. The normalized spacial score (nSPS) is 11.0. The molecule has 0 fully saturated rings. The van der Waals surface area contributed by atoms with Crippen molar-refractivity contribution in [2.75, 3.05) is 17.7 Å². The molecule has 0 atom stereocenters. The smallest absolute Gasteiger partial charge is 0.224 e. The van der Waals surface area contributed by atoms with Crippen molar-refractivity contribution in [3.63, 3.8) is 0 Å². The van der Waals surface area contributed by atoms with Gasteiger partial charge in [0, 0.05) is 20.6 Å². The first kappa shape index (κ1) is 13.4. The van der Waals surface area contributed by atoms with Crippen LogP contribution in [0.4, 0.5) is 11.8 Å². The molecule has 2 heterocycles. The van der Waals surface area contributed by atoms with E-state index in [1.165, 1.54) is 5.56 Å². The van der Waals surface area contributed by atoms with E-state index >= 15 is 0 Å². The summed E-state index contributed by atoms with van der Waals surface area (Å²) in [7, 11) is 3.91. The lowest BCUT2D eigenvalue weighted by molar-refractivity contribution is 0.872. The van der Waals surface area contributed by atoms with Gasteiger partial charge in [0.15, 0.2) is 17.0 Å². The highest BCUT2D eigenvalue weighted by Gasteiger charge is 2.16. The van der Waals surface area contributed by atoms with Gasteiger partial charge in [-0.1, -0.05) is 30.3 Å². The summed E-state index contributed by atoms with van der Waals surface area (Å²) < 4.78 is 1.92. The van der Waals surface area contributed by atoms with Crippen molar-refractivity contribution in [1.82, 2.24) is 19.5 Å². The van der Waals surface area contributed by atoms with Crippen LogP contribution in [-0.4, -0.2) is 26.6 Å². The molecule has 0 aliphatic carbocycles. The highest BCUT2D eigenvalue weighted by atomic mass is 15.2. The molecule has 0 spiro atoms. The number of imidazole rings is 1. The number of rotatable bonds is 3. The van der Waals surface area contributed by atoms with Gasteiger partial charge in [0.05, 0.1) is 0 Å². The zero-order valence-corrected chi connectivity index (χ0v) is 12.4. The van der Waals surface area contributed by atoms with Crippen LogP contribution in [0.2, 0.25) is 0 Å². The minimum atomic E-state index is 0.264. The Labute approximate surface area is 123 Å². The van der Waals surface area contributed by atoms with Crippen LogP contribution in [-0.2, 0) is 13.6 Å². The van der Waals surface area contributed by atoms with Crippen molar-refractivity contribution < 1.29 is 0 Å². The quantitative estimate of drug-likeness (QED) is 0.794. The van der Waals surface area contributed by atoms with Crippen LogP contribution in [0.1, 0.15) is 11.4 Å². The zero-order chi connectivity index (χ0) is 15.0. The highest BCUT2D eigenvalue weighted by molar-refractivity contribution is 5.85. The molecule has 0 bridgehead atoms. The van der Waals surface area contributed by atoms with E-state index in [4.69, 9.17) is 5.73 Å². The molecular weight excluding hydrogens is 264 g/mol. The van der Waals surface area contributed by atoms with Crippen molar-refractivity contribution in [2.24, 2.45) is 7.05 Å². The van der Waals surface area contributed by atoms with Crippen molar-refractivity contribution in [3.05, 3.63) is 41.7 Å². The van der Waals surface area contributed by atoms with Crippen LogP contribution in [0, 0.1) is 6.92 Å². The van der Waals surface area contributed by atoms with E-state index in [9.17, 15) is 0 Å². The van der Waals surface area contributed by atoms with Crippen LogP contribution in [0.5, 0.6) is 0 Å². The molecule has 0 saturated heterocycles. The van der Waals surface area contributed by atoms with Gasteiger partial charge >= 0.3 is 0 Å². The average molecular weight is 282 g/mol. The van der Waals surface area contributed by atoms with Gasteiger partial charge in [-0.2, -0.15) is 9.97 Å². The summed E-state index contributed by atoms with van der Waals surface area (Å²) in [5.74, 6) is 1.91. The Morgan fingerprint density at radius 1 is 1.14 bits per heavy atom. The molecule has 0 aliphatic heterocycles. The topological polar surface area (TPSA) is 72.9 Å². The molecule has 6 heteroatoms. The van der Waals surface area contributed by atoms with Gasteiger partial charge in [-0.25, -0.2) is 4.98 Å². The second-order valence-electron chi connectivity index (χ2n) is 5.14. The van der Waals surface area contributed by atoms with Crippen molar-refractivity contribution in [1.29, 1.82) is 0 Å². The van der Waals surface area contributed by atoms with E-state index in [0.717, 1.165) is 29.4 Å². The van der Waals surface area contributed by atoms with Gasteiger partial charge in [0.25, 0.3) is 0 Å². The van der Waals surface area contributed by atoms with E-state index in [-0.39, 0.29) is 5.95 Å². The molecule has 108 valence electrons. The number of benzene rings is 1. The maximum absolute atomic E-state index is 5.84. The van der Waals surface area contributed by atoms with Crippen molar-refractivity contribution in [2.45, 2.75) is 13.5 Å². The van der Waals surface area contributed by atoms with Gasteiger partial charge < -0.3 is 15.2 Å². The van der Waals surface area contributed by atoms with Gasteiger partial charge in [0.1, 0.15) is 5.82 Å². The third-order valence-corrected chi connectivity index (χ3v) is 3.57. The van der Waals surface area contributed by atoms with Gasteiger partial charge in [-0.15, -0.1) is 0 Å². The van der Waals surface area contributed by atoms with Crippen LogP contribution in [0.3, 0.4) is 0 Å². The van der Waals surface area contributed by atoms with Gasteiger partial charge in [-0.3, -0.25) is 0 Å². The second-order valence-corrected chi connectivity index (χ2v) is 5.14. The van der Waals surface area contributed by atoms with Crippen molar-refractivity contribution >= 4 is 22.9 Å². The molecule has 0 radical (unpaired) electrons. The minimum Gasteiger partial charge on any atom is -0.368 e. The van der Waals surface area contributed by atoms with E-state index in [2.05, 4.69) is 27.1 Å². The molecule has 0 saturated carbocycles.